The highest BCUT2D eigenvalue weighted by Crippen LogP contribution is 2.26. The highest BCUT2D eigenvalue weighted by molar-refractivity contribution is 6.23. The zero-order chi connectivity index (χ0) is 15.4. The summed E-state index contributed by atoms with van der Waals surface area (Å²) in [4.78, 5) is 48.5. The van der Waals surface area contributed by atoms with Gasteiger partial charge in [0, 0.05) is 9.11 Å². The third-order valence-electron chi connectivity index (χ3n) is 3.13. The summed E-state index contributed by atoms with van der Waals surface area (Å²) in [5.74, 6) is -3.20. The van der Waals surface area contributed by atoms with Gasteiger partial charge in [0.15, 0.2) is 0 Å². The summed E-state index contributed by atoms with van der Waals surface area (Å²) in [6.07, 6.45) is -2.85. The lowest BCUT2D eigenvalue weighted by atomic mass is 10.0. The average Bonchev–Trinajstić information content (AvgIpc) is 2.68. The molecule has 0 spiro atoms. The zero-order valence-electron chi connectivity index (χ0n) is 11.7. The summed E-state index contributed by atoms with van der Waals surface area (Å²) in [5, 5.41) is 1.87. The van der Waals surface area contributed by atoms with Gasteiger partial charge in [0.1, 0.15) is 6.04 Å². The smallest absolute Gasteiger partial charge is 0.262 e. The first-order chi connectivity index (χ1) is 9.83. The molecule has 1 saturated heterocycles. The van der Waals surface area contributed by atoms with E-state index in [1.165, 1.54) is 12.1 Å². The number of imide groups is 2. The van der Waals surface area contributed by atoms with Crippen LogP contribution in [0.2, 0.25) is 0 Å². The Morgan fingerprint density at radius 1 is 1.11 bits per heavy atom. The molecule has 6 heteroatoms. The molecule has 1 fully saturated rings. The van der Waals surface area contributed by atoms with Gasteiger partial charge in [0.2, 0.25) is 11.8 Å². The van der Waals surface area contributed by atoms with Crippen LogP contribution in [0.15, 0.2) is 24.3 Å². The zero-order valence-corrected chi connectivity index (χ0v) is 9.67. The Morgan fingerprint density at radius 2 is 1.68 bits per heavy atom. The van der Waals surface area contributed by atoms with E-state index in [4.69, 9.17) is 2.74 Å². The van der Waals surface area contributed by atoms with E-state index in [-0.39, 0.29) is 11.1 Å². The lowest BCUT2D eigenvalue weighted by Gasteiger charge is -2.27. The van der Waals surface area contributed by atoms with E-state index >= 15 is 0 Å². The third-order valence-corrected chi connectivity index (χ3v) is 3.13. The first-order valence-corrected chi connectivity index (χ1v) is 5.65. The molecule has 1 atom stereocenters. The predicted octanol–water partition coefficient (Wildman–Crippen LogP) is 0.0878. The number of nitrogens with zero attached hydrogens (tertiary/aromatic N) is 1. The highest BCUT2D eigenvalue weighted by atomic mass is 16.2. The molecule has 19 heavy (non-hydrogen) atoms. The molecule has 0 saturated carbocycles. The quantitative estimate of drug-likeness (QED) is 0.725. The molecule has 2 aliphatic heterocycles. The van der Waals surface area contributed by atoms with Crippen LogP contribution in [0.4, 0.5) is 0 Å². The lowest BCUT2D eigenvalue weighted by Crippen LogP contribution is -2.54. The molecular formula is C13H10N2O4. The van der Waals surface area contributed by atoms with Gasteiger partial charge in [0.05, 0.1) is 11.1 Å². The van der Waals surface area contributed by atoms with Crippen molar-refractivity contribution in [2.75, 3.05) is 0 Å². The molecule has 1 N–H and O–H groups in total. The summed E-state index contributed by atoms with van der Waals surface area (Å²) in [6, 6.07) is 4.80. The van der Waals surface area contributed by atoms with Crippen molar-refractivity contribution in [3.8, 4) is 0 Å². The van der Waals surface area contributed by atoms with Gasteiger partial charge in [0.25, 0.3) is 11.8 Å². The van der Waals surface area contributed by atoms with Crippen LogP contribution in [0.1, 0.15) is 36.3 Å². The van der Waals surface area contributed by atoms with E-state index < -0.39 is 42.5 Å². The lowest BCUT2D eigenvalue weighted by molar-refractivity contribution is -0.136. The van der Waals surface area contributed by atoms with Crippen molar-refractivity contribution >= 4 is 23.6 Å². The largest absolute Gasteiger partial charge is 0.295 e. The normalized spacial score (nSPS) is 26.7. The molecular weight excluding hydrogens is 248 g/mol. The number of benzene rings is 1. The second-order valence-corrected chi connectivity index (χ2v) is 4.24. The number of piperidine rings is 1. The van der Waals surface area contributed by atoms with Crippen LogP contribution >= 0.6 is 0 Å². The first-order valence-electron chi connectivity index (χ1n) is 6.65. The van der Waals surface area contributed by atoms with Gasteiger partial charge in [-0.1, -0.05) is 12.1 Å². The van der Waals surface area contributed by atoms with E-state index in [0.29, 0.717) is 0 Å². The molecule has 0 radical (unpaired) electrons. The summed E-state index contributed by atoms with van der Waals surface area (Å²) in [7, 11) is 0. The Balaban J connectivity index is 1.99. The molecule has 0 aliphatic carbocycles. The van der Waals surface area contributed by atoms with E-state index in [1.54, 1.807) is 12.1 Å². The highest BCUT2D eigenvalue weighted by Gasteiger charge is 2.44. The van der Waals surface area contributed by atoms with Crippen LogP contribution in [0.25, 0.3) is 0 Å². The summed E-state index contributed by atoms with van der Waals surface area (Å²) in [6.45, 7) is 0. The van der Waals surface area contributed by atoms with Crippen molar-refractivity contribution in [3.63, 3.8) is 0 Å². The second-order valence-electron chi connectivity index (χ2n) is 4.24. The molecule has 2 heterocycles. The maximum Gasteiger partial charge on any atom is 0.262 e. The van der Waals surface area contributed by atoms with Gasteiger partial charge in [-0.2, -0.15) is 0 Å². The van der Waals surface area contributed by atoms with Crippen LogP contribution in [0.3, 0.4) is 0 Å². The van der Waals surface area contributed by atoms with E-state index in [2.05, 4.69) is 0 Å². The Morgan fingerprint density at radius 3 is 2.26 bits per heavy atom. The van der Waals surface area contributed by atoms with Crippen molar-refractivity contribution in [1.82, 2.24) is 10.2 Å². The molecule has 0 bridgehead atoms. The van der Waals surface area contributed by atoms with Gasteiger partial charge >= 0.3 is 0 Å². The van der Waals surface area contributed by atoms with Crippen LogP contribution in [-0.4, -0.2) is 34.6 Å². The number of rotatable bonds is 1. The standard InChI is InChI=1S/C13H10N2O4/c16-10-6-5-9(11(17)14-10)15-12(18)7-3-1-2-4-8(7)13(15)19/h1-4,9H,5-6H2,(H,14,16,17)/i6D2. The van der Waals surface area contributed by atoms with Crippen LogP contribution in [0.5, 0.6) is 0 Å². The van der Waals surface area contributed by atoms with E-state index in [9.17, 15) is 19.2 Å². The molecule has 1 aromatic rings. The minimum Gasteiger partial charge on any atom is -0.295 e. The molecule has 0 aromatic heterocycles. The maximum atomic E-state index is 12.3. The number of hydrogen-bond acceptors (Lipinski definition) is 4. The van der Waals surface area contributed by atoms with Gasteiger partial charge in [-0.3, -0.25) is 29.4 Å². The molecule has 1 unspecified atom stereocenters. The molecule has 3 rings (SSSR count). The van der Waals surface area contributed by atoms with Crippen LogP contribution < -0.4 is 5.32 Å². The van der Waals surface area contributed by atoms with Gasteiger partial charge in [-0.15, -0.1) is 0 Å². The summed E-state index contributed by atoms with van der Waals surface area (Å²) in [5.41, 5.74) is 0.348. The average molecular weight is 260 g/mol. The van der Waals surface area contributed by atoms with Gasteiger partial charge < -0.3 is 0 Å². The monoisotopic (exact) mass is 260 g/mol. The van der Waals surface area contributed by atoms with Crippen molar-refractivity contribution < 1.29 is 21.9 Å². The van der Waals surface area contributed by atoms with Crippen molar-refractivity contribution in [2.45, 2.75) is 18.8 Å². The fourth-order valence-electron chi connectivity index (χ4n) is 2.22. The minimum atomic E-state index is -2.31. The van der Waals surface area contributed by atoms with Crippen molar-refractivity contribution in [1.29, 1.82) is 0 Å². The van der Waals surface area contributed by atoms with Crippen molar-refractivity contribution in [3.05, 3.63) is 35.4 Å². The second kappa shape index (κ2) is 4.01. The number of hydrogen-bond donors (Lipinski definition) is 1. The Bertz CT molecular complexity index is 666. The number of amides is 4. The third kappa shape index (κ3) is 1.64. The minimum absolute atomic E-state index is 0.174. The SMILES string of the molecule is [2H]C1([2H])CC(N2C(=O)c3ccccc3C2=O)C(=O)NC1=O. The maximum absolute atomic E-state index is 12.3. The van der Waals surface area contributed by atoms with E-state index in [0.717, 1.165) is 4.90 Å². The molecule has 6 nitrogen and oxygen atoms in total. The molecule has 2 aliphatic rings. The Labute approximate surface area is 111 Å². The Hall–Kier alpha value is -2.50. The van der Waals surface area contributed by atoms with Gasteiger partial charge in [-0.25, -0.2) is 0 Å². The van der Waals surface area contributed by atoms with Crippen LogP contribution in [-0.2, 0) is 9.59 Å². The number of fused-ring (bicyclic) bond motifs is 1. The Kier molecular flexibility index (Phi) is 1.99. The first kappa shape index (κ1) is 9.43. The topological polar surface area (TPSA) is 83.6 Å². The summed E-state index contributed by atoms with van der Waals surface area (Å²) < 4.78 is 15.1. The van der Waals surface area contributed by atoms with Crippen molar-refractivity contribution in [2.24, 2.45) is 0 Å². The van der Waals surface area contributed by atoms with Crippen LogP contribution in [0, 0.1) is 0 Å². The molecule has 4 amide bonds. The molecule has 1 aromatic carbocycles. The fourth-order valence-corrected chi connectivity index (χ4v) is 2.22. The number of nitrogens with one attached hydrogen (secondary N) is 1. The fraction of sp³-hybridized carbons (Fsp3) is 0.231. The number of carbonyl (C=O) groups is 4. The van der Waals surface area contributed by atoms with E-state index in [1.807, 2.05) is 5.32 Å². The number of carbonyl (C=O) groups excluding carboxylic acids is 4. The van der Waals surface area contributed by atoms with Gasteiger partial charge in [-0.05, 0) is 18.6 Å². The predicted molar refractivity (Wildman–Crippen MR) is 63.1 cm³/mol. The summed E-state index contributed by atoms with van der Waals surface area (Å²) >= 11 is 0. The molecule has 96 valence electrons.